The zero-order valence-electron chi connectivity index (χ0n) is 11.5. The van der Waals surface area contributed by atoms with Crippen molar-refractivity contribution in [3.63, 3.8) is 0 Å². The fourth-order valence-electron chi connectivity index (χ4n) is 1.79. The molecule has 0 spiro atoms. The number of aromatic nitrogens is 2. The van der Waals surface area contributed by atoms with Crippen molar-refractivity contribution in [3.05, 3.63) is 52.6 Å². The van der Waals surface area contributed by atoms with Gasteiger partial charge in [-0.25, -0.2) is 18.5 Å². The van der Waals surface area contributed by atoms with E-state index in [2.05, 4.69) is 10.3 Å². The fourth-order valence-corrected chi connectivity index (χ4v) is 2.31. The van der Waals surface area contributed by atoms with Crippen molar-refractivity contribution in [2.75, 3.05) is 11.9 Å². The zero-order valence-corrected chi connectivity index (χ0v) is 12.3. The standard InChI is InChI=1S/C13H16N4O3S/c1-17-9-8-16-12(13(17)18)15-7-6-10-2-4-11(5-3-10)21(14,19)20/h2-5,8-9H,6-7H2,1H3,(H,15,16)(H2,14,19,20). The van der Waals surface area contributed by atoms with Gasteiger partial charge in [-0.2, -0.15) is 0 Å². The predicted molar refractivity (Wildman–Crippen MR) is 79.5 cm³/mol. The molecule has 1 heterocycles. The van der Waals surface area contributed by atoms with Gasteiger partial charge in [0.15, 0.2) is 5.82 Å². The minimum absolute atomic E-state index is 0.0813. The van der Waals surface area contributed by atoms with E-state index in [1.54, 1.807) is 31.6 Å². The third kappa shape index (κ3) is 3.89. The van der Waals surface area contributed by atoms with Crippen LogP contribution in [0.1, 0.15) is 5.56 Å². The van der Waals surface area contributed by atoms with Crippen LogP contribution >= 0.6 is 0 Å². The topological polar surface area (TPSA) is 107 Å². The van der Waals surface area contributed by atoms with E-state index in [9.17, 15) is 13.2 Å². The van der Waals surface area contributed by atoms with Crippen LogP contribution in [0.25, 0.3) is 0 Å². The summed E-state index contributed by atoms with van der Waals surface area (Å²) in [4.78, 5) is 15.8. The van der Waals surface area contributed by atoms with Crippen LogP contribution in [-0.4, -0.2) is 24.5 Å². The highest BCUT2D eigenvalue weighted by molar-refractivity contribution is 7.89. The second kappa shape index (κ2) is 6.06. The lowest BCUT2D eigenvalue weighted by molar-refractivity contribution is 0.598. The summed E-state index contributed by atoms with van der Waals surface area (Å²) in [5.41, 5.74) is 0.740. The van der Waals surface area contributed by atoms with Crippen LogP contribution in [0.15, 0.2) is 46.3 Å². The van der Waals surface area contributed by atoms with E-state index in [4.69, 9.17) is 5.14 Å². The monoisotopic (exact) mass is 308 g/mol. The van der Waals surface area contributed by atoms with Crippen LogP contribution in [0.5, 0.6) is 0 Å². The van der Waals surface area contributed by atoms with Gasteiger partial charge in [-0.3, -0.25) is 4.79 Å². The van der Waals surface area contributed by atoms with E-state index in [1.807, 2.05) is 0 Å². The molecule has 0 aliphatic rings. The van der Waals surface area contributed by atoms with Gasteiger partial charge in [0, 0.05) is 26.0 Å². The average molecular weight is 308 g/mol. The van der Waals surface area contributed by atoms with Gasteiger partial charge in [0.1, 0.15) is 0 Å². The van der Waals surface area contributed by atoms with Crippen molar-refractivity contribution < 1.29 is 8.42 Å². The molecule has 3 N–H and O–H groups in total. The summed E-state index contributed by atoms with van der Waals surface area (Å²) < 4.78 is 23.7. The van der Waals surface area contributed by atoms with Gasteiger partial charge >= 0.3 is 0 Å². The molecule has 0 aliphatic heterocycles. The molecule has 1 aromatic carbocycles. The van der Waals surface area contributed by atoms with Crippen LogP contribution in [0.2, 0.25) is 0 Å². The molecule has 0 fully saturated rings. The molecule has 0 atom stereocenters. The second-order valence-electron chi connectivity index (χ2n) is 4.56. The number of nitrogens with zero attached hydrogens (tertiary/aromatic N) is 2. The summed E-state index contributed by atoms with van der Waals surface area (Å²) in [6.07, 6.45) is 3.76. The lowest BCUT2D eigenvalue weighted by atomic mass is 10.1. The van der Waals surface area contributed by atoms with E-state index in [-0.39, 0.29) is 10.5 Å². The van der Waals surface area contributed by atoms with Crippen molar-refractivity contribution in [1.29, 1.82) is 0 Å². The minimum atomic E-state index is -3.66. The largest absolute Gasteiger partial charge is 0.365 e. The highest BCUT2D eigenvalue weighted by Crippen LogP contribution is 2.09. The number of hydrogen-bond acceptors (Lipinski definition) is 5. The highest BCUT2D eigenvalue weighted by atomic mass is 32.2. The summed E-state index contributed by atoms with van der Waals surface area (Å²) in [5.74, 6) is 0.293. The first kappa shape index (κ1) is 15.2. The summed E-state index contributed by atoms with van der Waals surface area (Å²) in [7, 11) is -2.01. The Morgan fingerprint density at radius 1 is 1.29 bits per heavy atom. The molecule has 0 unspecified atom stereocenters. The molecule has 7 nitrogen and oxygen atoms in total. The number of nitrogens with one attached hydrogen (secondary N) is 1. The van der Waals surface area contributed by atoms with Gasteiger partial charge in [-0.1, -0.05) is 12.1 Å². The average Bonchev–Trinajstić information content (AvgIpc) is 2.43. The molecule has 2 rings (SSSR count). The maximum Gasteiger partial charge on any atom is 0.293 e. The van der Waals surface area contributed by atoms with Crippen LogP contribution in [-0.2, 0) is 23.5 Å². The number of aryl methyl sites for hydroxylation is 1. The maximum atomic E-state index is 11.7. The molecule has 1 aromatic heterocycles. The first-order valence-corrected chi connectivity index (χ1v) is 7.80. The zero-order chi connectivity index (χ0) is 15.5. The smallest absolute Gasteiger partial charge is 0.293 e. The van der Waals surface area contributed by atoms with Crippen LogP contribution in [0, 0.1) is 0 Å². The molecule has 8 heteroatoms. The fraction of sp³-hybridized carbons (Fsp3) is 0.231. The number of rotatable bonds is 5. The number of sulfonamides is 1. The number of nitrogens with two attached hydrogens (primary N) is 1. The molecule has 0 radical (unpaired) electrons. The van der Waals surface area contributed by atoms with Crippen molar-refractivity contribution in [3.8, 4) is 0 Å². The van der Waals surface area contributed by atoms with Gasteiger partial charge in [0.25, 0.3) is 5.56 Å². The molecule has 112 valence electrons. The maximum absolute atomic E-state index is 11.7. The van der Waals surface area contributed by atoms with E-state index >= 15 is 0 Å². The first-order valence-electron chi connectivity index (χ1n) is 6.25. The van der Waals surface area contributed by atoms with Crippen LogP contribution in [0.3, 0.4) is 0 Å². The third-order valence-electron chi connectivity index (χ3n) is 2.97. The quantitative estimate of drug-likeness (QED) is 0.813. The SMILES string of the molecule is Cn1ccnc(NCCc2ccc(S(N)(=O)=O)cc2)c1=O. The van der Waals surface area contributed by atoms with Gasteiger partial charge in [-0.15, -0.1) is 0 Å². The Bertz CT molecular complexity index is 782. The van der Waals surface area contributed by atoms with E-state index < -0.39 is 10.0 Å². The third-order valence-corrected chi connectivity index (χ3v) is 3.90. The van der Waals surface area contributed by atoms with Crippen LogP contribution < -0.4 is 16.0 Å². The van der Waals surface area contributed by atoms with Gasteiger partial charge in [-0.05, 0) is 24.1 Å². The number of hydrogen-bond donors (Lipinski definition) is 2. The van der Waals surface area contributed by atoms with E-state index in [1.165, 1.54) is 16.7 Å². The Kier molecular flexibility index (Phi) is 4.39. The second-order valence-corrected chi connectivity index (χ2v) is 6.12. The van der Waals surface area contributed by atoms with E-state index in [0.29, 0.717) is 18.8 Å². The summed E-state index contributed by atoms with van der Waals surface area (Å²) >= 11 is 0. The number of anilines is 1. The Morgan fingerprint density at radius 2 is 1.95 bits per heavy atom. The summed E-state index contributed by atoms with van der Waals surface area (Å²) in [5, 5.41) is 7.99. The molecule has 21 heavy (non-hydrogen) atoms. The number of primary sulfonamides is 1. The predicted octanol–water partition coefficient (Wildman–Crippen LogP) is 0.0823. The molecule has 0 saturated carbocycles. The molecular weight excluding hydrogens is 292 g/mol. The molecule has 0 aliphatic carbocycles. The number of benzene rings is 1. The first-order chi connectivity index (χ1) is 9.88. The van der Waals surface area contributed by atoms with Crippen molar-refractivity contribution in [2.45, 2.75) is 11.3 Å². The Morgan fingerprint density at radius 3 is 2.57 bits per heavy atom. The lowest BCUT2D eigenvalue weighted by Crippen LogP contribution is -2.22. The van der Waals surface area contributed by atoms with Crippen molar-refractivity contribution >= 4 is 15.8 Å². The van der Waals surface area contributed by atoms with E-state index in [0.717, 1.165) is 5.56 Å². The van der Waals surface area contributed by atoms with Gasteiger partial charge < -0.3 is 9.88 Å². The summed E-state index contributed by atoms with van der Waals surface area (Å²) in [6, 6.07) is 6.31. The Balaban J connectivity index is 1.98. The van der Waals surface area contributed by atoms with Crippen molar-refractivity contribution in [1.82, 2.24) is 9.55 Å². The normalized spacial score (nSPS) is 11.3. The molecule has 0 amide bonds. The lowest BCUT2D eigenvalue weighted by Gasteiger charge is -2.06. The minimum Gasteiger partial charge on any atom is -0.365 e. The molecule has 0 saturated heterocycles. The van der Waals surface area contributed by atoms with Crippen molar-refractivity contribution in [2.24, 2.45) is 12.2 Å². The van der Waals surface area contributed by atoms with Crippen LogP contribution in [0.4, 0.5) is 5.82 Å². The Hall–Kier alpha value is -2.19. The molecule has 2 aromatic rings. The summed E-state index contributed by atoms with van der Waals surface area (Å²) in [6.45, 7) is 0.515. The molecule has 0 bridgehead atoms. The molecular formula is C13H16N4O3S. The highest BCUT2D eigenvalue weighted by Gasteiger charge is 2.07. The van der Waals surface area contributed by atoms with Gasteiger partial charge in [0.05, 0.1) is 4.90 Å². The van der Waals surface area contributed by atoms with Gasteiger partial charge in [0.2, 0.25) is 10.0 Å². The Labute approximate surface area is 122 Å².